The van der Waals surface area contributed by atoms with Crippen LogP contribution in [0.4, 0.5) is 10.2 Å². The molecular weight excluding hydrogens is 565 g/mol. The van der Waals surface area contributed by atoms with E-state index in [0.717, 1.165) is 12.8 Å². The Kier molecular flexibility index (Phi) is 17.3. The summed E-state index contributed by atoms with van der Waals surface area (Å²) >= 11 is 0. The maximum atomic E-state index is 13.4. The zero-order valence-electron chi connectivity index (χ0n) is 26.7. The van der Waals surface area contributed by atoms with E-state index in [0.29, 0.717) is 19.3 Å². The molecule has 2 atom stereocenters. The minimum atomic E-state index is -1.02. The van der Waals surface area contributed by atoms with E-state index in [2.05, 4.69) is 27.8 Å². The van der Waals surface area contributed by atoms with E-state index in [-0.39, 0.29) is 36.0 Å². The summed E-state index contributed by atoms with van der Waals surface area (Å²) in [5, 5.41) is 8.52. The normalized spacial score (nSPS) is 17.6. The first-order valence-corrected chi connectivity index (χ1v) is 16.4. The van der Waals surface area contributed by atoms with E-state index in [9.17, 15) is 14.0 Å². The molecule has 0 aromatic carbocycles. The lowest BCUT2D eigenvalue weighted by Gasteiger charge is -2.23. The van der Waals surface area contributed by atoms with Gasteiger partial charge in [-0.25, -0.2) is 4.98 Å². The molecule has 1 aliphatic heterocycles. The Balaban J connectivity index is 0.000000314. The molecule has 44 heavy (non-hydrogen) atoms. The number of nitrogen functional groups attached to an aromatic ring is 1. The number of imidazole rings is 1. The van der Waals surface area contributed by atoms with Gasteiger partial charge in [0.05, 0.1) is 6.33 Å². The molecule has 0 spiro atoms. The molecule has 0 bridgehead atoms. The number of halogens is 1. The highest BCUT2D eigenvalue weighted by Crippen LogP contribution is 2.38. The largest absolute Gasteiger partial charge is 0.481 e. The Bertz CT molecular complexity index is 1180. The van der Waals surface area contributed by atoms with Gasteiger partial charge in [-0.05, 0) is 19.3 Å². The van der Waals surface area contributed by atoms with Crippen molar-refractivity contribution < 1.29 is 28.6 Å². The van der Waals surface area contributed by atoms with Gasteiger partial charge in [-0.3, -0.25) is 14.2 Å². The fourth-order valence-corrected chi connectivity index (χ4v) is 5.25. The van der Waals surface area contributed by atoms with Crippen molar-refractivity contribution in [2.24, 2.45) is 0 Å². The number of anilines is 1. The number of nitrogens with zero attached hydrogens (tertiary/aromatic N) is 4. The van der Waals surface area contributed by atoms with Crippen molar-refractivity contribution in [3.8, 4) is 12.3 Å². The van der Waals surface area contributed by atoms with Crippen molar-refractivity contribution in [3.05, 3.63) is 12.4 Å². The molecular formula is C33H52FN5O5. The maximum absolute atomic E-state index is 13.4. The average molecular weight is 618 g/mol. The second-order valence-electron chi connectivity index (χ2n) is 11.6. The number of fused-ring (bicyclic) bond motifs is 1. The van der Waals surface area contributed by atoms with E-state index >= 15 is 0 Å². The number of aromatic nitrogens is 4. The molecule has 11 heteroatoms. The molecule has 2 aromatic rings. The lowest BCUT2D eigenvalue weighted by molar-refractivity contribution is -0.152. The van der Waals surface area contributed by atoms with Gasteiger partial charge in [-0.1, -0.05) is 110 Å². The molecule has 1 fully saturated rings. The van der Waals surface area contributed by atoms with Crippen LogP contribution in [0, 0.1) is 18.4 Å². The van der Waals surface area contributed by atoms with Crippen LogP contribution < -0.4 is 5.73 Å². The molecule has 0 saturated carbocycles. The van der Waals surface area contributed by atoms with Gasteiger partial charge in [0.15, 0.2) is 22.6 Å². The maximum Gasteiger partial charge on any atom is 0.312 e. The Hall–Kier alpha value is -3.26. The van der Waals surface area contributed by atoms with Crippen LogP contribution in [-0.2, 0) is 19.1 Å². The van der Waals surface area contributed by atoms with Crippen molar-refractivity contribution in [1.82, 2.24) is 19.5 Å². The number of hydrogen-bond acceptors (Lipinski definition) is 8. The smallest absolute Gasteiger partial charge is 0.312 e. The highest BCUT2D eigenvalue weighted by Gasteiger charge is 2.41. The topological polar surface area (TPSA) is 142 Å². The van der Waals surface area contributed by atoms with Gasteiger partial charge in [0.25, 0.3) is 0 Å². The van der Waals surface area contributed by atoms with Gasteiger partial charge in [-0.15, -0.1) is 6.42 Å². The number of terminal acetylenes is 1. The number of carbonyl (C=O) groups is 2. The predicted molar refractivity (Wildman–Crippen MR) is 169 cm³/mol. The average Bonchev–Trinajstić information content (AvgIpc) is 3.63. The Morgan fingerprint density at radius 3 is 2.14 bits per heavy atom. The van der Waals surface area contributed by atoms with Crippen LogP contribution in [0.15, 0.2) is 6.33 Å². The van der Waals surface area contributed by atoms with Gasteiger partial charge < -0.3 is 20.3 Å². The van der Waals surface area contributed by atoms with Crippen molar-refractivity contribution in [2.75, 3.05) is 12.3 Å². The Labute approximate surface area is 261 Å². The first-order valence-electron chi connectivity index (χ1n) is 16.4. The minimum Gasteiger partial charge on any atom is -0.481 e. The molecule has 2 aromatic heterocycles. The van der Waals surface area contributed by atoms with Crippen LogP contribution in [0.1, 0.15) is 142 Å². The van der Waals surface area contributed by atoms with Crippen molar-refractivity contribution in [1.29, 1.82) is 0 Å². The second kappa shape index (κ2) is 20.7. The quantitative estimate of drug-likeness (QED) is 0.0667. The molecule has 0 amide bonds. The van der Waals surface area contributed by atoms with Crippen LogP contribution in [0.3, 0.4) is 0 Å². The molecule has 10 nitrogen and oxygen atoms in total. The van der Waals surface area contributed by atoms with Crippen LogP contribution >= 0.6 is 0 Å². The SMILES string of the molecule is C#CC1(COC(=O)CC)CCC(n2cnc3c(N)nc(F)nc32)O1.CCCCCCCCCCCCCCCCCC(=O)O. The zero-order valence-corrected chi connectivity index (χ0v) is 26.7. The Morgan fingerprint density at radius 2 is 1.61 bits per heavy atom. The summed E-state index contributed by atoms with van der Waals surface area (Å²) in [6.07, 6.45) is 27.0. The van der Waals surface area contributed by atoms with Crippen LogP contribution in [0.2, 0.25) is 0 Å². The lowest BCUT2D eigenvalue weighted by atomic mass is 10.0. The molecule has 0 radical (unpaired) electrons. The van der Waals surface area contributed by atoms with E-state index < -0.39 is 23.9 Å². The molecule has 3 heterocycles. The lowest BCUT2D eigenvalue weighted by Crippen LogP contribution is -2.33. The summed E-state index contributed by atoms with van der Waals surface area (Å²) in [6.45, 7) is 3.93. The zero-order chi connectivity index (χ0) is 32.2. The number of aliphatic carboxylic acids is 1. The third kappa shape index (κ3) is 13.2. The molecule has 246 valence electrons. The van der Waals surface area contributed by atoms with Gasteiger partial charge >= 0.3 is 18.0 Å². The first-order chi connectivity index (χ1) is 21.2. The monoisotopic (exact) mass is 617 g/mol. The number of nitrogens with two attached hydrogens (primary N) is 1. The predicted octanol–water partition coefficient (Wildman–Crippen LogP) is 7.51. The number of ether oxygens (including phenoxy) is 2. The molecule has 3 N–H and O–H groups in total. The van der Waals surface area contributed by atoms with Crippen molar-refractivity contribution in [2.45, 2.75) is 148 Å². The highest BCUT2D eigenvalue weighted by atomic mass is 19.1. The summed E-state index contributed by atoms with van der Waals surface area (Å²) in [6, 6.07) is 0. The minimum absolute atomic E-state index is 0.0369. The number of carbonyl (C=O) groups excluding carboxylic acids is 1. The van der Waals surface area contributed by atoms with Crippen molar-refractivity contribution in [3.63, 3.8) is 0 Å². The van der Waals surface area contributed by atoms with Gasteiger partial charge in [0.2, 0.25) is 0 Å². The molecule has 0 aliphatic carbocycles. The van der Waals surface area contributed by atoms with Gasteiger partial charge in [-0.2, -0.15) is 14.4 Å². The Morgan fingerprint density at radius 1 is 1.05 bits per heavy atom. The fraction of sp³-hybridized carbons (Fsp3) is 0.727. The highest BCUT2D eigenvalue weighted by molar-refractivity contribution is 5.81. The summed E-state index contributed by atoms with van der Waals surface area (Å²) in [5.74, 6) is 1.50. The van der Waals surface area contributed by atoms with E-state index in [1.165, 1.54) is 89.8 Å². The second-order valence-corrected chi connectivity index (χ2v) is 11.6. The van der Waals surface area contributed by atoms with Crippen LogP contribution in [0.5, 0.6) is 0 Å². The van der Waals surface area contributed by atoms with Gasteiger partial charge in [0, 0.05) is 12.8 Å². The third-order valence-electron chi connectivity index (χ3n) is 7.90. The van der Waals surface area contributed by atoms with Gasteiger partial charge in [0.1, 0.15) is 12.8 Å². The summed E-state index contributed by atoms with van der Waals surface area (Å²) in [7, 11) is 0. The summed E-state index contributed by atoms with van der Waals surface area (Å²) in [5.41, 5.74) is 5.14. The molecule has 3 rings (SSSR count). The summed E-state index contributed by atoms with van der Waals surface area (Å²) < 4.78 is 26.0. The summed E-state index contributed by atoms with van der Waals surface area (Å²) in [4.78, 5) is 32.9. The number of hydrogen-bond donors (Lipinski definition) is 2. The van der Waals surface area contributed by atoms with Crippen molar-refractivity contribution >= 4 is 28.9 Å². The molecule has 1 saturated heterocycles. The number of carboxylic acid groups (broad SMARTS) is 1. The fourth-order valence-electron chi connectivity index (χ4n) is 5.25. The van der Waals surface area contributed by atoms with E-state index in [4.69, 9.17) is 26.7 Å². The number of unbranched alkanes of at least 4 members (excludes halogenated alkanes) is 14. The van der Waals surface area contributed by atoms with E-state index in [1.807, 2.05) is 0 Å². The van der Waals surface area contributed by atoms with Crippen LogP contribution in [0.25, 0.3) is 11.2 Å². The third-order valence-corrected chi connectivity index (χ3v) is 7.90. The number of carboxylic acids is 1. The van der Waals surface area contributed by atoms with E-state index in [1.54, 1.807) is 11.5 Å². The van der Waals surface area contributed by atoms with Crippen LogP contribution in [-0.4, -0.2) is 48.8 Å². The first kappa shape index (κ1) is 36.9. The molecule has 1 aliphatic rings. The standard InChI is InChI=1S/C18H36O2.C15H16FN5O3/c1-2-3-4-5-6-7-8-9-10-11-12-13-14-15-16-17-18(19)20;1-3-10(22)23-7-15(4-2)6-5-9(24-15)21-8-18-11-12(17)19-14(16)20-13(11)21/h2-17H2,1H3,(H,19,20);2,8-9H,3,5-7H2,1H3,(H2,17,19,20). The number of rotatable bonds is 20. The number of esters is 1. The molecule has 2 unspecified atom stereocenters.